The average molecular weight is 372 g/mol. The Morgan fingerprint density at radius 1 is 0.792 bits per heavy atom. The first-order valence-corrected chi connectivity index (χ1v) is 7.55. The van der Waals surface area contributed by atoms with E-state index in [-0.39, 0.29) is 0 Å². The minimum Gasteiger partial charge on any atom is -0.321 e. The number of hydrogen-bond donors (Lipinski definition) is 0. The van der Waals surface area contributed by atoms with Gasteiger partial charge >= 0.3 is 0 Å². The molecule has 0 aliphatic rings. The predicted molar refractivity (Wildman–Crippen MR) is 78.5 cm³/mol. The Morgan fingerprint density at radius 2 is 1.62 bits per heavy atom. The Hall–Kier alpha value is -2.88. The zero-order valence-electron chi connectivity index (χ0n) is 13.0. The molecule has 0 spiro atoms. The molecule has 0 radical (unpaired) electrons. The molecule has 0 aliphatic heterocycles. The third-order valence-corrected chi connectivity index (χ3v) is 2.58. The molecule has 0 atom stereocenters. The first-order valence-electron chi connectivity index (χ1n) is 6.05. The molecule has 0 fully saturated rings. The summed E-state index contributed by atoms with van der Waals surface area (Å²) in [7, 11) is 0. The van der Waals surface area contributed by atoms with E-state index in [1.807, 2.05) is 13.8 Å². The van der Waals surface area contributed by atoms with Gasteiger partial charge in [0.1, 0.15) is 5.01 Å². The molecule has 0 amide bonds. The molecule has 0 N–H and O–H groups in total. The second kappa shape index (κ2) is 11.7. The van der Waals surface area contributed by atoms with Crippen LogP contribution >= 0.6 is 23.3 Å². The van der Waals surface area contributed by atoms with Crippen LogP contribution in [0.1, 0.15) is 22.5 Å². The van der Waals surface area contributed by atoms with Crippen LogP contribution in [-0.2, 0) is 0 Å². The minimum atomic E-state index is 0.495. The highest BCUT2D eigenvalue weighted by Gasteiger charge is 1.83. The van der Waals surface area contributed by atoms with E-state index in [1.165, 1.54) is 11.5 Å². The molecule has 0 saturated carbocycles. The van der Waals surface area contributed by atoms with Crippen molar-refractivity contribution in [3.05, 3.63) is 22.5 Å². The highest BCUT2D eigenvalue weighted by atomic mass is 32.1. The van der Waals surface area contributed by atoms with Crippen LogP contribution in [0, 0.1) is 27.7 Å². The number of aryl methyl sites for hydroxylation is 4. The van der Waals surface area contributed by atoms with E-state index in [2.05, 4.69) is 69.0 Å². The highest BCUT2D eigenvalue weighted by Crippen LogP contribution is 1.89. The summed E-state index contributed by atoms with van der Waals surface area (Å²) in [4.78, 5) is 0. The smallest absolute Gasteiger partial charge is 0.245 e. The van der Waals surface area contributed by atoms with Gasteiger partial charge in [0.05, 0.1) is 22.3 Å². The van der Waals surface area contributed by atoms with E-state index in [1.54, 1.807) is 13.8 Å². The van der Waals surface area contributed by atoms with E-state index < -0.39 is 0 Å². The summed E-state index contributed by atoms with van der Waals surface area (Å²) in [5.41, 5.74) is 0. The molecule has 4 aromatic rings. The summed E-state index contributed by atoms with van der Waals surface area (Å²) >= 11 is 2.43. The van der Waals surface area contributed by atoms with E-state index in [0.717, 1.165) is 22.6 Å². The van der Waals surface area contributed by atoms with Crippen molar-refractivity contribution in [2.45, 2.75) is 27.7 Å². The van der Waals surface area contributed by atoms with Crippen LogP contribution in [-0.4, -0.2) is 59.9 Å². The normalized spacial score (nSPS) is 8.83. The Bertz CT molecular complexity index is 582. The van der Waals surface area contributed by atoms with Crippen molar-refractivity contribution < 1.29 is 9.15 Å². The first kappa shape index (κ1) is 19.2. The molecule has 4 aromatic heterocycles. The molecule has 16 heteroatoms. The number of rotatable bonds is 0. The molecule has 0 saturated heterocycles. The molecule has 0 aliphatic carbocycles. The highest BCUT2D eigenvalue weighted by molar-refractivity contribution is 7.05. The van der Waals surface area contributed by atoms with Crippen LogP contribution in [0.3, 0.4) is 0 Å². The van der Waals surface area contributed by atoms with Gasteiger partial charge in [-0.3, -0.25) is 0 Å². The average Bonchev–Trinajstić information content (AvgIpc) is 3.31. The fraction of sp³-hybridized carbons (Fsp3) is 0.500. The SMILES string of the molecule is Cc1nnno1.Cc1nnns1.Cc1nnon1.Cc1nnsn1. The standard InChI is InChI=1S/2C2H3N3O.2C2H3N3S/c1-2-3-4-5-6-2;1-2-3-5-6-4-2;1-2-3-4-5-6-2;1-2-3-5-6-4-2/h4*1H3. The second-order valence-corrected chi connectivity index (χ2v) is 5.01. The number of nitrogens with zero attached hydrogens (tertiary/aromatic N) is 12. The lowest BCUT2D eigenvalue weighted by Crippen LogP contribution is -1.68. The maximum Gasteiger partial charge on any atom is 0.245 e. The summed E-state index contributed by atoms with van der Waals surface area (Å²) < 4.78 is 19.2. The second-order valence-electron chi connectivity index (χ2n) is 3.57. The van der Waals surface area contributed by atoms with Gasteiger partial charge in [-0.05, 0) is 29.4 Å². The Balaban J connectivity index is 0.000000160. The molecule has 0 aromatic carbocycles. The van der Waals surface area contributed by atoms with Crippen LogP contribution < -0.4 is 0 Å². The fourth-order valence-electron chi connectivity index (χ4n) is 0.700. The van der Waals surface area contributed by atoms with Gasteiger partial charge in [-0.25, -0.2) is 4.63 Å². The van der Waals surface area contributed by atoms with E-state index in [9.17, 15) is 0 Å². The zero-order valence-corrected chi connectivity index (χ0v) is 14.6. The number of hydrogen-bond acceptors (Lipinski definition) is 16. The van der Waals surface area contributed by atoms with Crippen molar-refractivity contribution in [3.63, 3.8) is 0 Å². The molecule has 14 nitrogen and oxygen atoms in total. The van der Waals surface area contributed by atoms with Gasteiger partial charge in [0.25, 0.3) is 0 Å². The van der Waals surface area contributed by atoms with Crippen molar-refractivity contribution in [3.8, 4) is 0 Å². The monoisotopic (exact) mass is 372 g/mol. The minimum absolute atomic E-state index is 0.495. The third kappa shape index (κ3) is 9.95. The lowest BCUT2D eigenvalue weighted by molar-refractivity contribution is 0.291. The predicted octanol–water partition coefficient (Wildman–Crippen LogP) is 0.0291. The van der Waals surface area contributed by atoms with E-state index in [4.69, 9.17) is 0 Å². The summed E-state index contributed by atoms with van der Waals surface area (Å²) in [6.45, 7) is 7.06. The lowest BCUT2D eigenvalue weighted by Gasteiger charge is -1.59. The van der Waals surface area contributed by atoms with Crippen molar-refractivity contribution in [1.29, 1.82) is 0 Å². The van der Waals surface area contributed by atoms with Gasteiger partial charge in [0.2, 0.25) is 5.89 Å². The van der Waals surface area contributed by atoms with Crippen molar-refractivity contribution in [2.24, 2.45) is 0 Å². The van der Waals surface area contributed by atoms with E-state index in [0.29, 0.717) is 11.7 Å². The topological polar surface area (TPSA) is 181 Å². The van der Waals surface area contributed by atoms with Crippen LogP contribution in [0.4, 0.5) is 0 Å². The van der Waals surface area contributed by atoms with E-state index >= 15 is 0 Å². The van der Waals surface area contributed by atoms with Gasteiger partial charge in [0, 0.05) is 25.4 Å². The quantitative estimate of drug-likeness (QED) is 0.403. The molecule has 128 valence electrons. The molecule has 4 rings (SSSR count). The van der Waals surface area contributed by atoms with Gasteiger partial charge < -0.3 is 4.52 Å². The van der Waals surface area contributed by atoms with Gasteiger partial charge in [-0.2, -0.15) is 4.37 Å². The van der Waals surface area contributed by atoms with Gasteiger partial charge in [-0.1, -0.05) is 19.2 Å². The molecule has 0 bridgehead atoms. The largest absolute Gasteiger partial charge is 0.321 e. The molecule has 4 heterocycles. The third-order valence-electron chi connectivity index (χ3n) is 1.58. The van der Waals surface area contributed by atoms with Crippen LogP contribution in [0.25, 0.3) is 0 Å². The molecule has 0 unspecified atom stereocenters. The van der Waals surface area contributed by atoms with Crippen LogP contribution in [0.5, 0.6) is 0 Å². The zero-order chi connectivity index (χ0) is 17.6. The Morgan fingerprint density at radius 3 is 1.79 bits per heavy atom. The summed E-state index contributed by atoms with van der Waals surface area (Å²) in [5.74, 6) is 1.81. The summed E-state index contributed by atoms with van der Waals surface area (Å²) in [6.07, 6.45) is 0. The van der Waals surface area contributed by atoms with Crippen LogP contribution in [0.15, 0.2) is 9.15 Å². The maximum atomic E-state index is 4.36. The summed E-state index contributed by atoms with van der Waals surface area (Å²) in [5, 5.41) is 30.8. The van der Waals surface area contributed by atoms with Crippen molar-refractivity contribution in [2.75, 3.05) is 0 Å². The van der Waals surface area contributed by atoms with Crippen molar-refractivity contribution in [1.82, 2.24) is 59.9 Å². The molecular formula is C8H12N12O2S2. The Labute approximate surface area is 143 Å². The maximum absolute atomic E-state index is 4.36. The molecule has 24 heavy (non-hydrogen) atoms. The van der Waals surface area contributed by atoms with Gasteiger partial charge in [-0.15, -0.1) is 10.2 Å². The number of aromatic nitrogens is 12. The fourth-order valence-corrected chi connectivity index (χ4v) is 1.31. The first-order chi connectivity index (χ1) is 11.6. The lowest BCUT2D eigenvalue weighted by atomic mass is 10.8. The van der Waals surface area contributed by atoms with Crippen molar-refractivity contribution >= 4 is 23.3 Å². The van der Waals surface area contributed by atoms with Crippen LogP contribution in [0.2, 0.25) is 0 Å². The van der Waals surface area contributed by atoms with Gasteiger partial charge in [0.15, 0.2) is 11.6 Å². The summed E-state index contributed by atoms with van der Waals surface area (Å²) in [6, 6.07) is 0. The Kier molecular flexibility index (Phi) is 9.31. The molecular weight excluding hydrogens is 360 g/mol.